The van der Waals surface area contributed by atoms with Crippen molar-refractivity contribution in [3.05, 3.63) is 65.7 Å². The molecule has 0 saturated heterocycles. The summed E-state index contributed by atoms with van der Waals surface area (Å²) in [6.45, 7) is 4.24. The van der Waals surface area contributed by atoms with E-state index < -0.39 is 10.0 Å². The van der Waals surface area contributed by atoms with Crippen LogP contribution in [-0.2, 0) is 10.0 Å². The molecule has 3 N–H and O–H groups in total. The van der Waals surface area contributed by atoms with E-state index in [1.165, 1.54) is 0 Å². The summed E-state index contributed by atoms with van der Waals surface area (Å²) in [4.78, 5) is 0.255. The summed E-state index contributed by atoms with van der Waals surface area (Å²) >= 11 is 0. The van der Waals surface area contributed by atoms with Gasteiger partial charge in [0, 0.05) is 18.6 Å². The second-order valence-electron chi connectivity index (χ2n) is 6.02. The van der Waals surface area contributed by atoms with Crippen LogP contribution in [0, 0.1) is 6.92 Å². The number of hydrogen-bond acceptors (Lipinski definition) is 4. The summed E-state index contributed by atoms with van der Waals surface area (Å²) in [6.07, 6.45) is 0.614. The van der Waals surface area contributed by atoms with Gasteiger partial charge in [-0.05, 0) is 31.0 Å². The average molecular weight is 362 g/mol. The fraction of sp³-hybridized carbons (Fsp3) is 0.368. The number of nitrogens with one attached hydrogen (secondary N) is 2. The van der Waals surface area contributed by atoms with Crippen LogP contribution in [0.4, 0.5) is 0 Å². The number of benzene rings is 2. The maximum Gasteiger partial charge on any atom is 0.240 e. The highest BCUT2D eigenvalue weighted by Crippen LogP contribution is 2.21. The zero-order valence-corrected chi connectivity index (χ0v) is 15.5. The van der Waals surface area contributed by atoms with E-state index in [0.717, 1.165) is 11.1 Å². The van der Waals surface area contributed by atoms with Gasteiger partial charge in [-0.2, -0.15) is 0 Å². The van der Waals surface area contributed by atoms with Crippen LogP contribution in [0.25, 0.3) is 0 Å². The van der Waals surface area contributed by atoms with E-state index in [1.807, 2.05) is 44.2 Å². The van der Waals surface area contributed by atoms with Gasteiger partial charge in [-0.15, -0.1) is 0 Å². The molecule has 0 saturated carbocycles. The van der Waals surface area contributed by atoms with Crippen molar-refractivity contribution in [3.8, 4) is 0 Å². The van der Waals surface area contributed by atoms with Crippen LogP contribution >= 0.6 is 0 Å². The monoisotopic (exact) mass is 362 g/mol. The smallest absolute Gasteiger partial charge is 0.240 e. The van der Waals surface area contributed by atoms with E-state index in [4.69, 9.17) is 5.11 Å². The second kappa shape index (κ2) is 9.10. The highest BCUT2D eigenvalue weighted by molar-refractivity contribution is 7.89. The highest BCUT2D eigenvalue weighted by Gasteiger charge is 2.26. The van der Waals surface area contributed by atoms with Crippen molar-refractivity contribution in [1.82, 2.24) is 10.0 Å². The van der Waals surface area contributed by atoms with Crippen LogP contribution in [0.1, 0.15) is 30.5 Å². The molecular weight excluding hydrogens is 336 g/mol. The molecule has 0 heterocycles. The molecule has 2 atom stereocenters. The quantitative estimate of drug-likeness (QED) is 0.640. The van der Waals surface area contributed by atoms with E-state index in [1.54, 1.807) is 24.3 Å². The first-order valence-corrected chi connectivity index (χ1v) is 9.94. The molecule has 2 aromatic carbocycles. The topological polar surface area (TPSA) is 78.4 Å². The molecule has 0 aliphatic carbocycles. The van der Waals surface area contributed by atoms with Gasteiger partial charge in [0.25, 0.3) is 0 Å². The van der Waals surface area contributed by atoms with Crippen LogP contribution in [0.15, 0.2) is 59.5 Å². The summed E-state index contributed by atoms with van der Waals surface area (Å²) in [5, 5.41) is 12.4. The molecule has 0 amide bonds. The Bertz CT molecular complexity index is 746. The lowest BCUT2D eigenvalue weighted by molar-refractivity contribution is 0.275. The van der Waals surface area contributed by atoms with Crippen LogP contribution in [0.3, 0.4) is 0 Å². The van der Waals surface area contributed by atoms with E-state index in [2.05, 4.69) is 10.0 Å². The Morgan fingerprint density at radius 1 is 1.04 bits per heavy atom. The van der Waals surface area contributed by atoms with Crippen molar-refractivity contribution in [1.29, 1.82) is 0 Å². The number of rotatable bonds is 9. The lowest BCUT2D eigenvalue weighted by Gasteiger charge is -2.28. The Morgan fingerprint density at radius 3 is 2.24 bits per heavy atom. The Kier molecular flexibility index (Phi) is 7.13. The van der Waals surface area contributed by atoms with Crippen molar-refractivity contribution in [2.45, 2.75) is 37.2 Å². The molecule has 2 rings (SSSR count). The molecule has 0 spiro atoms. The first-order valence-electron chi connectivity index (χ1n) is 8.46. The average Bonchev–Trinajstić information content (AvgIpc) is 2.62. The maximum absolute atomic E-state index is 12.7. The predicted molar refractivity (Wildman–Crippen MR) is 99.9 cm³/mol. The van der Waals surface area contributed by atoms with Crippen molar-refractivity contribution in [2.75, 3.05) is 13.2 Å². The maximum atomic E-state index is 12.7. The summed E-state index contributed by atoms with van der Waals surface area (Å²) in [6, 6.07) is 15.9. The number of hydrogen-bond donors (Lipinski definition) is 3. The molecule has 0 bridgehead atoms. The summed E-state index contributed by atoms with van der Waals surface area (Å²) in [5.41, 5.74) is 1.99. The molecule has 0 fully saturated rings. The minimum atomic E-state index is -3.62. The molecule has 0 aliphatic heterocycles. The summed E-state index contributed by atoms with van der Waals surface area (Å²) in [7, 11) is -3.62. The fourth-order valence-electron chi connectivity index (χ4n) is 2.74. The third kappa shape index (κ3) is 5.37. The normalized spacial score (nSPS) is 14.2. The Labute approximate surface area is 150 Å². The summed E-state index contributed by atoms with van der Waals surface area (Å²) in [5.74, 6) is 0. The van der Waals surface area contributed by atoms with Gasteiger partial charge in [-0.3, -0.25) is 0 Å². The third-order valence-corrected chi connectivity index (χ3v) is 5.62. The lowest BCUT2D eigenvalue weighted by Crippen LogP contribution is -2.44. The van der Waals surface area contributed by atoms with E-state index >= 15 is 0 Å². The second-order valence-corrected chi connectivity index (χ2v) is 7.73. The molecule has 0 radical (unpaired) electrons. The first kappa shape index (κ1) is 19.6. The minimum Gasteiger partial charge on any atom is -0.395 e. The zero-order valence-electron chi connectivity index (χ0n) is 14.6. The van der Waals surface area contributed by atoms with Crippen molar-refractivity contribution in [2.24, 2.45) is 0 Å². The van der Waals surface area contributed by atoms with Gasteiger partial charge in [0.2, 0.25) is 10.0 Å². The molecule has 5 nitrogen and oxygen atoms in total. The largest absolute Gasteiger partial charge is 0.395 e. The van der Waals surface area contributed by atoms with Gasteiger partial charge < -0.3 is 10.4 Å². The highest BCUT2D eigenvalue weighted by atomic mass is 32.2. The van der Waals surface area contributed by atoms with E-state index in [9.17, 15) is 8.42 Å². The molecule has 0 aromatic heterocycles. The van der Waals surface area contributed by atoms with Gasteiger partial charge in [0.1, 0.15) is 0 Å². The van der Waals surface area contributed by atoms with Gasteiger partial charge in [-0.1, -0.05) is 55.0 Å². The molecule has 2 aromatic rings. The molecule has 0 aliphatic rings. The van der Waals surface area contributed by atoms with Crippen LogP contribution in [0.5, 0.6) is 0 Å². The van der Waals surface area contributed by atoms with Crippen LogP contribution < -0.4 is 10.0 Å². The molecule has 0 unspecified atom stereocenters. The number of aliphatic hydroxyl groups excluding tert-OH is 1. The fourth-order valence-corrected chi connectivity index (χ4v) is 4.08. The van der Waals surface area contributed by atoms with Crippen molar-refractivity contribution in [3.63, 3.8) is 0 Å². The van der Waals surface area contributed by atoms with Gasteiger partial charge in [0.15, 0.2) is 0 Å². The first-order chi connectivity index (χ1) is 12.0. The Morgan fingerprint density at radius 2 is 1.68 bits per heavy atom. The zero-order chi connectivity index (χ0) is 18.3. The number of sulfonamides is 1. The molecule has 6 heteroatoms. The van der Waals surface area contributed by atoms with Crippen LogP contribution in [0.2, 0.25) is 0 Å². The summed E-state index contributed by atoms with van der Waals surface area (Å²) < 4.78 is 28.3. The van der Waals surface area contributed by atoms with Gasteiger partial charge in [0.05, 0.1) is 11.5 Å². The SMILES string of the molecule is CC[C@H](NS(=O)(=O)c1ccc(C)cc1)[C@H](NCCO)c1ccccc1. The van der Waals surface area contributed by atoms with E-state index in [0.29, 0.717) is 13.0 Å². The van der Waals surface area contributed by atoms with Crippen molar-refractivity contribution >= 4 is 10.0 Å². The number of aliphatic hydroxyl groups is 1. The Balaban J connectivity index is 2.26. The van der Waals surface area contributed by atoms with Crippen molar-refractivity contribution < 1.29 is 13.5 Å². The molecule has 136 valence electrons. The third-order valence-electron chi connectivity index (χ3n) is 4.11. The Hall–Kier alpha value is -1.73. The number of aryl methyl sites for hydroxylation is 1. The molecular formula is C19H26N2O3S. The predicted octanol–water partition coefficient (Wildman–Crippen LogP) is 2.38. The molecule has 25 heavy (non-hydrogen) atoms. The standard InChI is InChI=1S/C19H26N2O3S/c1-3-18(19(20-13-14-22)16-7-5-4-6-8-16)21-25(23,24)17-11-9-15(2)10-12-17/h4-12,18-22H,3,13-14H2,1-2H3/t18-,19+/m0/s1. The van der Waals surface area contributed by atoms with Crippen LogP contribution in [-0.4, -0.2) is 32.7 Å². The van der Waals surface area contributed by atoms with Gasteiger partial charge >= 0.3 is 0 Å². The van der Waals surface area contributed by atoms with Gasteiger partial charge in [-0.25, -0.2) is 13.1 Å². The minimum absolute atomic E-state index is 0.00944. The van der Waals surface area contributed by atoms with E-state index in [-0.39, 0.29) is 23.6 Å². The lowest BCUT2D eigenvalue weighted by atomic mass is 9.98.